The summed E-state index contributed by atoms with van der Waals surface area (Å²) < 4.78 is 18.7. The number of aryl methyl sites for hydroxylation is 1. The van der Waals surface area contributed by atoms with Gasteiger partial charge in [0.15, 0.2) is 0 Å². The van der Waals surface area contributed by atoms with Crippen LogP contribution < -0.4 is 11.3 Å². The lowest BCUT2D eigenvalue weighted by Crippen LogP contribution is -2.29. The van der Waals surface area contributed by atoms with Crippen LogP contribution in [0.15, 0.2) is 34.7 Å². The minimum absolute atomic E-state index is 0.238. The summed E-state index contributed by atoms with van der Waals surface area (Å²) in [5.41, 5.74) is 3.34. The zero-order valence-electron chi connectivity index (χ0n) is 9.91. The van der Waals surface area contributed by atoms with Gasteiger partial charge in [0, 0.05) is 5.02 Å². The highest BCUT2D eigenvalue weighted by Crippen LogP contribution is 2.25. The molecule has 0 amide bonds. The third kappa shape index (κ3) is 2.90. The molecule has 1 unspecified atom stereocenters. The first-order valence-electron chi connectivity index (χ1n) is 5.56. The molecule has 0 radical (unpaired) electrons. The number of nitrogens with two attached hydrogens (primary N) is 1. The summed E-state index contributed by atoms with van der Waals surface area (Å²) >= 11 is 6.02. The first-order valence-corrected chi connectivity index (χ1v) is 5.94. The third-order valence-corrected chi connectivity index (χ3v) is 3.11. The van der Waals surface area contributed by atoms with E-state index in [1.807, 2.05) is 19.1 Å². The number of hydrogen-bond donors (Lipinski definition) is 2. The van der Waals surface area contributed by atoms with Crippen LogP contribution in [-0.2, 0) is 6.42 Å². The van der Waals surface area contributed by atoms with E-state index >= 15 is 0 Å². The van der Waals surface area contributed by atoms with Crippen molar-refractivity contribution >= 4 is 11.6 Å². The van der Waals surface area contributed by atoms with Crippen molar-refractivity contribution < 1.29 is 8.81 Å². The van der Waals surface area contributed by atoms with Crippen molar-refractivity contribution in [3.8, 4) is 0 Å². The molecule has 0 spiro atoms. The van der Waals surface area contributed by atoms with Crippen molar-refractivity contribution in [2.24, 2.45) is 5.84 Å². The summed E-state index contributed by atoms with van der Waals surface area (Å²) in [4.78, 5) is 0. The van der Waals surface area contributed by atoms with Gasteiger partial charge in [0.2, 0.25) is 0 Å². The molecule has 96 valence electrons. The molecular weight excluding hydrogens is 255 g/mol. The molecule has 0 aliphatic carbocycles. The van der Waals surface area contributed by atoms with Gasteiger partial charge >= 0.3 is 0 Å². The Morgan fingerprint density at radius 1 is 1.39 bits per heavy atom. The van der Waals surface area contributed by atoms with Gasteiger partial charge in [-0.25, -0.2) is 9.82 Å². The number of hydrogen-bond acceptors (Lipinski definition) is 3. The predicted octanol–water partition coefficient (Wildman–Crippen LogP) is 3.13. The molecular formula is C13H14ClFN2O. The zero-order valence-corrected chi connectivity index (χ0v) is 10.7. The van der Waals surface area contributed by atoms with E-state index in [1.54, 1.807) is 0 Å². The van der Waals surface area contributed by atoms with Crippen LogP contribution in [0.4, 0.5) is 4.39 Å². The van der Waals surface area contributed by atoms with Crippen molar-refractivity contribution in [1.82, 2.24) is 5.43 Å². The average Bonchev–Trinajstić information content (AvgIpc) is 2.77. The molecule has 0 fully saturated rings. The third-order valence-electron chi connectivity index (χ3n) is 2.74. The molecule has 1 heterocycles. The zero-order chi connectivity index (χ0) is 13.1. The molecule has 3 N–H and O–H groups in total. The predicted molar refractivity (Wildman–Crippen MR) is 68.6 cm³/mol. The van der Waals surface area contributed by atoms with Gasteiger partial charge in [-0.3, -0.25) is 5.84 Å². The fraction of sp³-hybridized carbons (Fsp3) is 0.231. The molecule has 1 atom stereocenters. The summed E-state index contributed by atoms with van der Waals surface area (Å²) in [6, 6.07) is 7.72. The topological polar surface area (TPSA) is 51.2 Å². The quantitative estimate of drug-likeness (QED) is 0.662. The SMILES string of the molecule is Cc1ccc(C(Cc2cc(F)ccc2Cl)NN)o1. The fourth-order valence-electron chi connectivity index (χ4n) is 1.80. The van der Waals surface area contributed by atoms with Crippen LogP contribution in [0.5, 0.6) is 0 Å². The second-order valence-electron chi connectivity index (χ2n) is 4.11. The van der Waals surface area contributed by atoms with E-state index in [1.165, 1.54) is 18.2 Å². The maximum Gasteiger partial charge on any atom is 0.123 e. The Balaban J connectivity index is 2.22. The summed E-state index contributed by atoms with van der Waals surface area (Å²) in [6.45, 7) is 1.85. The molecule has 1 aromatic heterocycles. The number of nitrogens with one attached hydrogen (secondary N) is 1. The molecule has 1 aromatic carbocycles. The monoisotopic (exact) mass is 268 g/mol. The maximum absolute atomic E-state index is 13.2. The summed E-state index contributed by atoms with van der Waals surface area (Å²) in [6.07, 6.45) is 0.458. The Bertz CT molecular complexity index is 542. The average molecular weight is 269 g/mol. The number of hydrazine groups is 1. The van der Waals surface area contributed by atoms with E-state index in [0.717, 1.165) is 5.76 Å². The molecule has 0 saturated heterocycles. The highest BCUT2D eigenvalue weighted by molar-refractivity contribution is 6.31. The molecule has 2 aromatic rings. The van der Waals surface area contributed by atoms with E-state index in [4.69, 9.17) is 21.9 Å². The van der Waals surface area contributed by atoms with Crippen LogP contribution in [0.1, 0.15) is 23.1 Å². The molecule has 3 nitrogen and oxygen atoms in total. The molecule has 2 rings (SSSR count). The highest BCUT2D eigenvalue weighted by atomic mass is 35.5. The summed E-state index contributed by atoms with van der Waals surface area (Å²) in [5, 5.41) is 0.514. The van der Waals surface area contributed by atoms with Crippen LogP contribution in [0.2, 0.25) is 5.02 Å². The molecule has 0 aliphatic rings. The Labute approximate surface area is 110 Å². The molecule has 0 saturated carbocycles. The van der Waals surface area contributed by atoms with Gasteiger partial charge in [-0.15, -0.1) is 0 Å². The van der Waals surface area contributed by atoms with Gasteiger partial charge in [-0.1, -0.05) is 11.6 Å². The lowest BCUT2D eigenvalue weighted by molar-refractivity contribution is 0.402. The second-order valence-corrected chi connectivity index (χ2v) is 4.51. The normalized spacial score (nSPS) is 12.7. The number of benzene rings is 1. The smallest absolute Gasteiger partial charge is 0.123 e. The van der Waals surface area contributed by atoms with E-state index in [-0.39, 0.29) is 11.9 Å². The van der Waals surface area contributed by atoms with Gasteiger partial charge < -0.3 is 4.42 Å². The largest absolute Gasteiger partial charge is 0.465 e. The van der Waals surface area contributed by atoms with Gasteiger partial charge in [-0.05, 0) is 49.2 Å². The lowest BCUT2D eigenvalue weighted by atomic mass is 10.0. The van der Waals surface area contributed by atoms with E-state index in [0.29, 0.717) is 22.8 Å². The maximum atomic E-state index is 13.2. The van der Waals surface area contributed by atoms with Crippen molar-refractivity contribution in [1.29, 1.82) is 0 Å². The van der Waals surface area contributed by atoms with Gasteiger partial charge in [-0.2, -0.15) is 0 Å². The van der Waals surface area contributed by atoms with Crippen molar-refractivity contribution in [3.05, 3.63) is 58.3 Å². The number of halogens is 2. The molecule has 5 heteroatoms. The van der Waals surface area contributed by atoms with E-state index in [2.05, 4.69) is 5.43 Å². The van der Waals surface area contributed by atoms with Crippen LogP contribution in [0.3, 0.4) is 0 Å². The fourth-order valence-corrected chi connectivity index (χ4v) is 2.00. The highest BCUT2D eigenvalue weighted by Gasteiger charge is 2.16. The minimum atomic E-state index is -0.319. The van der Waals surface area contributed by atoms with Crippen LogP contribution in [0.25, 0.3) is 0 Å². The second kappa shape index (κ2) is 5.52. The van der Waals surface area contributed by atoms with Crippen LogP contribution >= 0.6 is 11.6 Å². The Kier molecular flexibility index (Phi) is 4.01. The molecule has 0 bridgehead atoms. The van der Waals surface area contributed by atoms with Crippen molar-refractivity contribution in [3.63, 3.8) is 0 Å². The van der Waals surface area contributed by atoms with Crippen LogP contribution in [0, 0.1) is 12.7 Å². The van der Waals surface area contributed by atoms with E-state index in [9.17, 15) is 4.39 Å². The Morgan fingerprint density at radius 3 is 2.78 bits per heavy atom. The minimum Gasteiger partial charge on any atom is -0.465 e. The van der Waals surface area contributed by atoms with Crippen molar-refractivity contribution in [2.75, 3.05) is 0 Å². The standard InChI is InChI=1S/C13H14ClFN2O/c1-8-2-5-13(18-8)12(17-16)7-9-6-10(15)3-4-11(9)14/h2-6,12,17H,7,16H2,1H3. The van der Waals surface area contributed by atoms with E-state index < -0.39 is 0 Å². The van der Waals surface area contributed by atoms with Gasteiger partial charge in [0.1, 0.15) is 17.3 Å². The number of rotatable bonds is 4. The summed E-state index contributed by atoms with van der Waals surface area (Å²) in [5.74, 6) is 6.69. The van der Waals surface area contributed by atoms with Gasteiger partial charge in [0.25, 0.3) is 0 Å². The first-order chi connectivity index (χ1) is 8.60. The van der Waals surface area contributed by atoms with Crippen molar-refractivity contribution in [2.45, 2.75) is 19.4 Å². The Hall–Kier alpha value is -1.36. The molecule has 18 heavy (non-hydrogen) atoms. The number of furan rings is 1. The Morgan fingerprint density at radius 2 is 2.17 bits per heavy atom. The lowest BCUT2D eigenvalue weighted by Gasteiger charge is -2.14. The molecule has 0 aliphatic heterocycles. The van der Waals surface area contributed by atoms with Gasteiger partial charge in [0.05, 0.1) is 6.04 Å². The van der Waals surface area contributed by atoms with Crippen LogP contribution in [-0.4, -0.2) is 0 Å². The summed E-state index contributed by atoms with van der Waals surface area (Å²) in [7, 11) is 0. The first kappa shape index (κ1) is 13.1.